The highest BCUT2D eigenvalue weighted by molar-refractivity contribution is 7.92. The molecule has 0 spiro atoms. The molecule has 5 nitrogen and oxygen atoms in total. The number of nitrogens with one attached hydrogen (secondary N) is 1. The van der Waals surface area contributed by atoms with E-state index in [1.54, 1.807) is 12.1 Å². The number of nitrogens with zero attached hydrogens (tertiary/aromatic N) is 1. The summed E-state index contributed by atoms with van der Waals surface area (Å²) >= 11 is 11.5. The maximum absolute atomic E-state index is 12.2. The molecule has 1 aromatic carbocycles. The van der Waals surface area contributed by atoms with Gasteiger partial charge in [-0.2, -0.15) is 0 Å². The second-order valence-corrected chi connectivity index (χ2v) is 6.27. The van der Waals surface area contributed by atoms with E-state index in [9.17, 15) is 8.42 Å². The first-order valence-corrected chi connectivity index (χ1v) is 7.64. The summed E-state index contributed by atoms with van der Waals surface area (Å²) < 4.78 is 31.9. The van der Waals surface area contributed by atoms with Crippen LogP contribution in [-0.2, 0) is 10.0 Å². The van der Waals surface area contributed by atoms with Crippen LogP contribution in [0.1, 0.15) is 0 Å². The van der Waals surface area contributed by atoms with Crippen molar-refractivity contribution < 1.29 is 13.2 Å². The van der Waals surface area contributed by atoms with Crippen LogP contribution in [0.4, 0.5) is 5.69 Å². The molecule has 2 rings (SSSR count). The van der Waals surface area contributed by atoms with Crippen LogP contribution in [0.15, 0.2) is 41.4 Å². The molecule has 0 aliphatic heterocycles. The van der Waals surface area contributed by atoms with Gasteiger partial charge < -0.3 is 4.74 Å². The van der Waals surface area contributed by atoms with Gasteiger partial charge in [0.1, 0.15) is 15.8 Å². The molecule has 8 heteroatoms. The van der Waals surface area contributed by atoms with Crippen LogP contribution in [-0.4, -0.2) is 20.5 Å². The van der Waals surface area contributed by atoms with E-state index in [-0.39, 0.29) is 15.7 Å². The lowest BCUT2D eigenvalue weighted by atomic mass is 10.3. The molecule has 1 N–H and O–H groups in total. The summed E-state index contributed by atoms with van der Waals surface area (Å²) in [6.07, 6.45) is 1.17. The van der Waals surface area contributed by atoms with Crippen LogP contribution in [0.5, 0.6) is 5.75 Å². The average molecular weight is 333 g/mol. The van der Waals surface area contributed by atoms with Crippen LogP contribution in [0.2, 0.25) is 10.2 Å². The van der Waals surface area contributed by atoms with E-state index < -0.39 is 10.0 Å². The first-order chi connectivity index (χ1) is 9.42. The van der Waals surface area contributed by atoms with Crippen molar-refractivity contribution in [1.29, 1.82) is 0 Å². The van der Waals surface area contributed by atoms with Gasteiger partial charge in [0.05, 0.1) is 12.8 Å². The zero-order valence-corrected chi connectivity index (χ0v) is 12.6. The van der Waals surface area contributed by atoms with E-state index in [4.69, 9.17) is 27.9 Å². The normalized spacial score (nSPS) is 11.2. The summed E-state index contributed by atoms with van der Waals surface area (Å²) in [7, 11) is -2.35. The largest absolute Gasteiger partial charge is 0.495 e. The summed E-state index contributed by atoms with van der Waals surface area (Å²) in [4.78, 5) is 3.73. The fourth-order valence-corrected chi connectivity index (χ4v) is 2.77. The Balaban J connectivity index is 2.37. The summed E-state index contributed by atoms with van der Waals surface area (Å²) in [6, 6.07) is 7.38. The Morgan fingerprint density at radius 1 is 1.20 bits per heavy atom. The molecule has 0 aliphatic carbocycles. The fourth-order valence-electron chi connectivity index (χ4n) is 1.48. The maximum Gasteiger partial charge on any atom is 0.263 e. The van der Waals surface area contributed by atoms with Gasteiger partial charge in [-0.1, -0.05) is 23.2 Å². The number of rotatable bonds is 4. The highest BCUT2D eigenvalue weighted by atomic mass is 35.5. The van der Waals surface area contributed by atoms with Crippen molar-refractivity contribution in [3.8, 4) is 5.75 Å². The van der Waals surface area contributed by atoms with Crippen LogP contribution < -0.4 is 9.46 Å². The molecule has 0 saturated carbocycles. The molecule has 1 aromatic heterocycles. The Kier molecular flexibility index (Phi) is 4.37. The van der Waals surface area contributed by atoms with Gasteiger partial charge in [-0.05, 0) is 30.3 Å². The van der Waals surface area contributed by atoms with Crippen LogP contribution in [0.25, 0.3) is 0 Å². The SMILES string of the molecule is COc1ccc(Cl)cc1NS(=O)(=O)c1ccc(Cl)nc1. The van der Waals surface area contributed by atoms with Crippen LogP contribution in [0.3, 0.4) is 0 Å². The molecule has 0 atom stereocenters. The number of pyridine rings is 1. The van der Waals surface area contributed by atoms with E-state index in [0.29, 0.717) is 10.8 Å². The van der Waals surface area contributed by atoms with E-state index in [1.807, 2.05) is 0 Å². The Morgan fingerprint density at radius 3 is 2.55 bits per heavy atom. The van der Waals surface area contributed by atoms with E-state index >= 15 is 0 Å². The molecule has 106 valence electrons. The third-order valence-corrected chi connectivity index (χ3v) is 4.23. The molecular formula is C12H10Cl2N2O3S. The van der Waals surface area contributed by atoms with Crippen molar-refractivity contribution in [3.63, 3.8) is 0 Å². The third-order valence-electron chi connectivity index (χ3n) is 2.42. The Morgan fingerprint density at radius 2 is 1.95 bits per heavy atom. The first kappa shape index (κ1) is 14.9. The Bertz CT molecular complexity index is 718. The van der Waals surface area contributed by atoms with Crippen molar-refractivity contribution in [2.45, 2.75) is 4.90 Å². The molecule has 1 heterocycles. The number of anilines is 1. The second-order valence-electron chi connectivity index (χ2n) is 3.77. The van der Waals surface area contributed by atoms with Crippen LogP contribution >= 0.6 is 23.2 Å². The van der Waals surface area contributed by atoms with Gasteiger partial charge in [0.2, 0.25) is 0 Å². The Labute approximate surface area is 126 Å². The van der Waals surface area contributed by atoms with Crippen molar-refractivity contribution in [2.24, 2.45) is 0 Å². The third kappa shape index (κ3) is 3.33. The molecule has 0 saturated heterocycles. The predicted molar refractivity (Wildman–Crippen MR) is 78.1 cm³/mol. The lowest BCUT2D eigenvalue weighted by Crippen LogP contribution is -2.13. The first-order valence-electron chi connectivity index (χ1n) is 5.40. The smallest absolute Gasteiger partial charge is 0.263 e. The minimum absolute atomic E-state index is 0.0103. The number of aromatic nitrogens is 1. The van der Waals surface area contributed by atoms with E-state index in [0.717, 1.165) is 0 Å². The number of sulfonamides is 1. The van der Waals surface area contributed by atoms with Crippen molar-refractivity contribution in [1.82, 2.24) is 4.98 Å². The summed E-state index contributed by atoms with van der Waals surface area (Å²) in [5.74, 6) is 0.361. The number of halogens is 2. The van der Waals surface area contributed by atoms with Gasteiger partial charge in [-0.15, -0.1) is 0 Å². The molecule has 0 fully saturated rings. The summed E-state index contributed by atoms with van der Waals surface area (Å²) in [5, 5.41) is 0.599. The minimum atomic E-state index is -3.79. The molecule has 0 aliphatic rings. The van der Waals surface area contributed by atoms with Gasteiger partial charge in [0, 0.05) is 11.2 Å². The molecule has 0 unspecified atom stereocenters. The van der Waals surface area contributed by atoms with Gasteiger partial charge in [-0.3, -0.25) is 4.72 Å². The number of ether oxygens (including phenoxy) is 1. The van der Waals surface area contributed by atoms with Gasteiger partial charge in [-0.25, -0.2) is 13.4 Å². The highest BCUT2D eigenvalue weighted by Crippen LogP contribution is 2.29. The second kappa shape index (κ2) is 5.87. The Hall–Kier alpha value is -1.50. The summed E-state index contributed by atoms with van der Waals surface area (Å²) in [5.41, 5.74) is 0.245. The summed E-state index contributed by atoms with van der Waals surface area (Å²) in [6.45, 7) is 0. The predicted octanol–water partition coefficient (Wildman–Crippen LogP) is 3.20. The van der Waals surface area contributed by atoms with E-state index in [1.165, 1.54) is 31.5 Å². The molecule has 0 radical (unpaired) electrons. The average Bonchev–Trinajstić information content (AvgIpc) is 2.39. The van der Waals surface area contributed by atoms with Gasteiger partial charge in [0.25, 0.3) is 10.0 Å². The standard InChI is InChI=1S/C12H10Cl2N2O3S/c1-19-11-4-2-8(13)6-10(11)16-20(17,18)9-3-5-12(14)15-7-9/h2-7,16H,1H3. The molecule has 20 heavy (non-hydrogen) atoms. The van der Waals surface area contributed by atoms with Crippen LogP contribution in [0, 0.1) is 0 Å². The molecule has 0 amide bonds. The van der Waals surface area contributed by atoms with Crippen molar-refractivity contribution >= 4 is 38.9 Å². The molecule has 2 aromatic rings. The van der Waals surface area contributed by atoms with Crippen molar-refractivity contribution in [2.75, 3.05) is 11.8 Å². The minimum Gasteiger partial charge on any atom is -0.495 e. The lowest BCUT2D eigenvalue weighted by molar-refractivity contribution is 0.417. The number of hydrogen-bond donors (Lipinski definition) is 1. The molecule has 0 bridgehead atoms. The monoisotopic (exact) mass is 332 g/mol. The van der Waals surface area contributed by atoms with E-state index in [2.05, 4.69) is 9.71 Å². The molecular weight excluding hydrogens is 323 g/mol. The quantitative estimate of drug-likeness (QED) is 0.873. The zero-order valence-electron chi connectivity index (χ0n) is 10.3. The zero-order chi connectivity index (χ0) is 14.8. The number of hydrogen-bond acceptors (Lipinski definition) is 4. The number of benzene rings is 1. The maximum atomic E-state index is 12.2. The van der Waals surface area contributed by atoms with Gasteiger partial charge >= 0.3 is 0 Å². The topological polar surface area (TPSA) is 68.3 Å². The number of methoxy groups -OCH3 is 1. The fraction of sp³-hybridized carbons (Fsp3) is 0.0833. The van der Waals surface area contributed by atoms with Crippen molar-refractivity contribution in [3.05, 3.63) is 46.7 Å². The highest BCUT2D eigenvalue weighted by Gasteiger charge is 2.17. The van der Waals surface area contributed by atoms with Gasteiger partial charge in [0.15, 0.2) is 0 Å². The lowest BCUT2D eigenvalue weighted by Gasteiger charge is -2.12.